The Bertz CT molecular complexity index is 347. The third-order valence-corrected chi connectivity index (χ3v) is 3.02. The van der Waals surface area contributed by atoms with Crippen LogP contribution in [0, 0.1) is 0 Å². The molecule has 0 saturated carbocycles. The van der Waals surface area contributed by atoms with Crippen LogP contribution in [0.2, 0.25) is 0 Å². The molecule has 0 aliphatic carbocycles. The smallest absolute Gasteiger partial charge is 0.191 e. The number of nitrogens with zero attached hydrogens (tertiary/aromatic N) is 1. The van der Waals surface area contributed by atoms with E-state index in [4.69, 9.17) is 9.15 Å². The monoisotopic (exact) mass is 413 g/mol. The van der Waals surface area contributed by atoms with Crippen LogP contribution in [0.3, 0.4) is 0 Å². The predicted molar refractivity (Wildman–Crippen MR) is 96.4 cm³/mol. The molecule has 1 heterocycles. The van der Waals surface area contributed by atoms with Gasteiger partial charge in [-0.2, -0.15) is 11.8 Å². The van der Waals surface area contributed by atoms with Crippen LogP contribution in [0.4, 0.5) is 0 Å². The normalized spacial score (nSPS) is 11.0. The second-order valence-corrected chi connectivity index (χ2v) is 4.88. The molecule has 0 amide bonds. The summed E-state index contributed by atoms with van der Waals surface area (Å²) in [6.45, 7) is 2.99. The van der Waals surface area contributed by atoms with Crippen LogP contribution in [0.5, 0.6) is 0 Å². The highest BCUT2D eigenvalue weighted by Gasteiger charge is 1.99. The summed E-state index contributed by atoms with van der Waals surface area (Å²) < 4.78 is 10.3. The van der Waals surface area contributed by atoms with Gasteiger partial charge in [-0.1, -0.05) is 0 Å². The molecule has 7 heteroatoms. The van der Waals surface area contributed by atoms with Gasteiger partial charge in [0.15, 0.2) is 5.96 Å². The van der Waals surface area contributed by atoms with Gasteiger partial charge in [-0.15, -0.1) is 24.0 Å². The highest BCUT2D eigenvalue weighted by Crippen LogP contribution is 1.99. The molecular formula is C13H24IN3O2S. The van der Waals surface area contributed by atoms with E-state index in [0.717, 1.165) is 37.0 Å². The zero-order chi connectivity index (χ0) is 13.8. The third-order valence-electron chi connectivity index (χ3n) is 2.41. The van der Waals surface area contributed by atoms with Crippen LogP contribution in [0.15, 0.2) is 27.8 Å². The molecule has 0 radical (unpaired) electrons. The molecule has 0 unspecified atom stereocenters. The van der Waals surface area contributed by atoms with Crippen molar-refractivity contribution in [3.63, 3.8) is 0 Å². The summed E-state index contributed by atoms with van der Waals surface area (Å²) in [6.07, 6.45) is 4.63. The number of halogens is 1. The fourth-order valence-electron chi connectivity index (χ4n) is 1.45. The lowest BCUT2D eigenvalue weighted by molar-refractivity contribution is 0.208. The van der Waals surface area contributed by atoms with Crippen molar-refractivity contribution in [1.29, 1.82) is 0 Å². The highest BCUT2D eigenvalue weighted by molar-refractivity contribution is 14.0. The molecule has 1 aromatic heterocycles. The molecule has 0 aromatic carbocycles. The van der Waals surface area contributed by atoms with Gasteiger partial charge >= 0.3 is 0 Å². The summed E-state index contributed by atoms with van der Waals surface area (Å²) >= 11 is 1.81. The molecule has 5 nitrogen and oxygen atoms in total. The lowest BCUT2D eigenvalue weighted by Crippen LogP contribution is -2.39. The Kier molecular flexibility index (Phi) is 13.3. The van der Waals surface area contributed by atoms with Gasteiger partial charge in [0.25, 0.3) is 0 Å². The van der Waals surface area contributed by atoms with Crippen LogP contribution < -0.4 is 10.6 Å². The first kappa shape index (κ1) is 19.6. The zero-order valence-corrected chi connectivity index (χ0v) is 15.2. The molecule has 0 atom stereocenters. The number of ether oxygens (including phenoxy) is 1. The number of aliphatic imine (C=N–C) groups is 1. The molecule has 1 aromatic rings. The van der Waals surface area contributed by atoms with E-state index < -0.39 is 0 Å². The first-order chi connectivity index (χ1) is 9.36. The molecule has 20 heavy (non-hydrogen) atoms. The van der Waals surface area contributed by atoms with Crippen molar-refractivity contribution in [3.8, 4) is 0 Å². The fraction of sp³-hybridized carbons (Fsp3) is 0.615. The zero-order valence-electron chi connectivity index (χ0n) is 12.1. The topological polar surface area (TPSA) is 58.8 Å². The number of hydrogen-bond donors (Lipinski definition) is 2. The Balaban J connectivity index is 0.00000361. The van der Waals surface area contributed by atoms with Gasteiger partial charge in [0.2, 0.25) is 0 Å². The van der Waals surface area contributed by atoms with E-state index in [-0.39, 0.29) is 24.0 Å². The second kappa shape index (κ2) is 13.6. The van der Waals surface area contributed by atoms with Crippen molar-refractivity contribution < 1.29 is 9.15 Å². The molecule has 116 valence electrons. The number of thioether (sulfide) groups is 1. The summed E-state index contributed by atoms with van der Waals surface area (Å²) in [5, 5.41) is 6.58. The Hall–Kier alpha value is -0.410. The number of rotatable bonds is 9. The van der Waals surface area contributed by atoms with Gasteiger partial charge in [-0.05, 0) is 18.4 Å². The van der Waals surface area contributed by atoms with Crippen LogP contribution in [-0.4, -0.2) is 51.3 Å². The summed E-state index contributed by atoms with van der Waals surface area (Å²) in [5.74, 6) is 2.87. The van der Waals surface area contributed by atoms with E-state index in [1.54, 1.807) is 13.4 Å². The van der Waals surface area contributed by atoms with Gasteiger partial charge in [0, 0.05) is 32.4 Å². The van der Waals surface area contributed by atoms with E-state index in [1.807, 2.05) is 23.9 Å². The number of methoxy groups -OCH3 is 1. The molecular weight excluding hydrogens is 389 g/mol. The summed E-state index contributed by atoms with van der Waals surface area (Å²) in [6, 6.07) is 3.88. The molecule has 0 aliphatic heterocycles. The van der Waals surface area contributed by atoms with Gasteiger partial charge in [0.1, 0.15) is 5.76 Å². The van der Waals surface area contributed by atoms with Crippen molar-refractivity contribution >= 4 is 41.7 Å². The molecule has 0 bridgehead atoms. The van der Waals surface area contributed by atoms with Crippen molar-refractivity contribution in [2.45, 2.75) is 6.42 Å². The Morgan fingerprint density at radius 1 is 1.40 bits per heavy atom. The highest BCUT2D eigenvalue weighted by atomic mass is 127. The Morgan fingerprint density at radius 2 is 2.20 bits per heavy atom. The summed E-state index contributed by atoms with van der Waals surface area (Å²) in [4.78, 5) is 4.43. The van der Waals surface area contributed by atoms with E-state index in [9.17, 15) is 0 Å². The molecule has 0 fully saturated rings. The average Bonchev–Trinajstić information content (AvgIpc) is 2.92. The SMILES string of the molecule is COCCN=C(NCCSC)NCCc1ccco1.I. The van der Waals surface area contributed by atoms with E-state index in [1.165, 1.54) is 0 Å². The summed E-state index contributed by atoms with van der Waals surface area (Å²) in [5.41, 5.74) is 0. The largest absolute Gasteiger partial charge is 0.469 e. The van der Waals surface area contributed by atoms with Crippen LogP contribution in [-0.2, 0) is 11.2 Å². The van der Waals surface area contributed by atoms with Crippen molar-refractivity contribution in [3.05, 3.63) is 24.2 Å². The lowest BCUT2D eigenvalue weighted by Gasteiger charge is -2.11. The number of guanidine groups is 1. The maximum Gasteiger partial charge on any atom is 0.191 e. The van der Waals surface area contributed by atoms with Gasteiger partial charge in [-0.3, -0.25) is 4.99 Å². The van der Waals surface area contributed by atoms with Crippen molar-refractivity contribution in [1.82, 2.24) is 10.6 Å². The minimum Gasteiger partial charge on any atom is -0.469 e. The standard InChI is InChI=1S/C13H23N3O2S.HI/c1-17-10-7-15-13(16-8-11-19-2)14-6-5-12-4-3-9-18-12;/h3-4,9H,5-8,10-11H2,1-2H3,(H2,14,15,16);1H. The number of nitrogens with one attached hydrogen (secondary N) is 2. The van der Waals surface area contributed by atoms with Gasteiger partial charge < -0.3 is 19.8 Å². The van der Waals surface area contributed by atoms with Gasteiger partial charge in [0.05, 0.1) is 19.4 Å². The van der Waals surface area contributed by atoms with E-state index >= 15 is 0 Å². The number of hydrogen-bond acceptors (Lipinski definition) is 4. The minimum absolute atomic E-state index is 0. The average molecular weight is 413 g/mol. The molecule has 0 saturated heterocycles. The number of furan rings is 1. The maximum atomic E-state index is 5.29. The Labute approximate surface area is 142 Å². The van der Waals surface area contributed by atoms with Crippen LogP contribution in [0.25, 0.3) is 0 Å². The predicted octanol–water partition coefficient (Wildman–Crippen LogP) is 1.98. The summed E-state index contributed by atoms with van der Waals surface area (Å²) in [7, 11) is 1.68. The fourth-order valence-corrected chi connectivity index (χ4v) is 1.76. The molecule has 0 aliphatic rings. The lowest BCUT2D eigenvalue weighted by atomic mass is 10.3. The van der Waals surface area contributed by atoms with Crippen LogP contribution >= 0.6 is 35.7 Å². The molecule has 1 rings (SSSR count). The van der Waals surface area contributed by atoms with Crippen molar-refractivity contribution in [2.75, 3.05) is 45.4 Å². The minimum atomic E-state index is 0. The Morgan fingerprint density at radius 3 is 2.85 bits per heavy atom. The van der Waals surface area contributed by atoms with Crippen molar-refractivity contribution in [2.24, 2.45) is 4.99 Å². The van der Waals surface area contributed by atoms with Crippen LogP contribution in [0.1, 0.15) is 5.76 Å². The second-order valence-electron chi connectivity index (χ2n) is 3.90. The maximum absolute atomic E-state index is 5.29. The first-order valence-electron chi connectivity index (χ1n) is 6.39. The quantitative estimate of drug-likeness (QED) is 0.281. The molecule has 0 spiro atoms. The van der Waals surface area contributed by atoms with Gasteiger partial charge in [-0.25, -0.2) is 0 Å². The van der Waals surface area contributed by atoms with E-state index in [0.29, 0.717) is 13.2 Å². The molecule has 2 N–H and O–H groups in total. The van der Waals surface area contributed by atoms with E-state index in [2.05, 4.69) is 21.9 Å². The third kappa shape index (κ3) is 9.49. The first-order valence-corrected chi connectivity index (χ1v) is 7.78.